The van der Waals surface area contributed by atoms with Crippen LogP contribution < -0.4 is 5.32 Å². The summed E-state index contributed by atoms with van der Waals surface area (Å²) in [4.78, 5) is 45.0. The molecular formula is C38H68NO10P. The number of phosphoric ester groups is 1. The van der Waals surface area contributed by atoms with E-state index in [1.54, 1.807) is 0 Å². The molecular weight excluding hydrogens is 661 g/mol. The molecule has 0 radical (unpaired) electrons. The minimum Gasteiger partial charge on any atom is -0.480 e. The summed E-state index contributed by atoms with van der Waals surface area (Å²) >= 11 is 0. The maximum Gasteiger partial charge on any atom is 0.472 e. The predicted molar refractivity (Wildman–Crippen MR) is 199 cm³/mol. The van der Waals surface area contributed by atoms with E-state index in [9.17, 15) is 34.1 Å². The SMILES string of the molecule is CCCCC/C=C\C/C=C\C/C=C\CCCCCCCCCCCCC(=O)OCC(O)COP(=O)(O)OCC(NC(=O)CCCCC)C(=O)O. The number of carbonyl (C=O) groups excluding carboxylic acids is 2. The molecule has 1 amide bonds. The van der Waals surface area contributed by atoms with Crippen molar-refractivity contribution in [3.05, 3.63) is 36.5 Å². The molecule has 0 aromatic rings. The first kappa shape index (κ1) is 47.7. The minimum atomic E-state index is -4.73. The van der Waals surface area contributed by atoms with E-state index in [1.807, 2.05) is 6.92 Å². The van der Waals surface area contributed by atoms with Gasteiger partial charge in [-0.1, -0.05) is 127 Å². The molecule has 4 N–H and O–H groups in total. The summed E-state index contributed by atoms with van der Waals surface area (Å²) in [5, 5.41) is 21.4. The van der Waals surface area contributed by atoms with E-state index in [0.29, 0.717) is 12.8 Å². The number of ether oxygens (including phenoxy) is 1. The number of esters is 1. The van der Waals surface area contributed by atoms with Gasteiger partial charge in [0.2, 0.25) is 5.91 Å². The van der Waals surface area contributed by atoms with Crippen molar-refractivity contribution < 1.29 is 47.8 Å². The first-order chi connectivity index (χ1) is 24.1. The standard InChI is InChI=1S/C38H68NO10P/c1-3-5-7-8-9-10-11-12-13-14-15-16-17-18-19-20-21-22-23-24-25-26-28-30-37(42)47-31-34(40)32-48-50(45,46)49-33-35(38(43)44)39-36(41)29-27-6-4-2/h9-10,12-13,15-16,34-35,40H,3-8,11,14,17-33H2,1-2H3,(H,39,41)(H,43,44)(H,45,46)/b10-9-,13-12-,16-15-. The highest BCUT2D eigenvalue weighted by atomic mass is 31.2. The van der Waals surface area contributed by atoms with Gasteiger partial charge in [0.15, 0.2) is 6.04 Å². The van der Waals surface area contributed by atoms with Crippen LogP contribution >= 0.6 is 7.82 Å². The fourth-order valence-corrected chi connectivity index (χ4v) is 5.68. The van der Waals surface area contributed by atoms with Gasteiger partial charge in [-0.25, -0.2) is 9.36 Å². The Morgan fingerprint density at radius 1 is 0.640 bits per heavy atom. The van der Waals surface area contributed by atoms with E-state index in [-0.39, 0.29) is 12.8 Å². The van der Waals surface area contributed by atoms with E-state index in [0.717, 1.165) is 51.4 Å². The Kier molecular flexibility index (Phi) is 32.3. The first-order valence-corrected chi connectivity index (χ1v) is 20.5. The number of hydrogen-bond acceptors (Lipinski definition) is 8. The molecule has 0 rings (SSSR count). The van der Waals surface area contributed by atoms with Crippen LogP contribution in [0.5, 0.6) is 0 Å². The lowest BCUT2D eigenvalue weighted by atomic mass is 10.1. The second-order valence-corrected chi connectivity index (χ2v) is 14.2. The average Bonchev–Trinajstić information content (AvgIpc) is 3.08. The number of carboxylic acid groups (broad SMARTS) is 1. The number of carboxylic acids is 1. The lowest BCUT2D eigenvalue weighted by Gasteiger charge is -2.18. The Morgan fingerprint density at radius 2 is 1.10 bits per heavy atom. The first-order valence-electron chi connectivity index (χ1n) is 19.0. The molecule has 0 aliphatic carbocycles. The van der Waals surface area contributed by atoms with Crippen molar-refractivity contribution in [1.82, 2.24) is 5.32 Å². The number of unbranched alkanes of at least 4 members (excludes halogenated alkanes) is 15. The third-order valence-electron chi connectivity index (χ3n) is 7.93. The normalized spacial score (nSPS) is 14.3. The fourth-order valence-electron chi connectivity index (χ4n) is 4.91. The second kappa shape index (κ2) is 33.8. The van der Waals surface area contributed by atoms with Crippen LogP contribution in [-0.2, 0) is 32.7 Å². The fraction of sp³-hybridized carbons (Fsp3) is 0.763. The monoisotopic (exact) mass is 729 g/mol. The summed E-state index contributed by atoms with van der Waals surface area (Å²) in [5.74, 6) is -2.41. The molecule has 0 bridgehead atoms. The van der Waals surface area contributed by atoms with E-state index in [4.69, 9.17) is 4.74 Å². The van der Waals surface area contributed by atoms with Crippen molar-refractivity contribution in [2.24, 2.45) is 0 Å². The molecule has 50 heavy (non-hydrogen) atoms. The van der Waals surface area contributed by atoms with Crippen LogP contribution in [0, 0.1) is 0 Å². The number of amides is 1. The van der Waals surface area contributed by atoms with Gasteiger partial charge in [0.05, 0.1) is 13.2 Å². The molecule has 11 nitrogen and oxygen atoms in total. The van der Waals surface area contributed by atoms with Gasteiger partial charge in [-0.05, 0) is 51.4 Å². The van der Waals surface area contributed by atoms with Crippen molar-refractivity contribution in [3.63, 3.8) is 0 Å². The molecule has 0 aromatic carbocycles. The largest absolute Gasteiger partial charge is 0.480 e. The quantitative estimate of drug-likeness (QED) is 0.0214. The van der Waals surface area contributed by atoms with Crippen LogP contribution in [0.1, 0.15) is 155 Å². The van der Waals surface area contributed by atoms with Gasteiger partial charge in [-0.2, -0.15) is 0 Å². The molecule has 0 saturated carbocycles. The van der Waals surface area contributed by atoms with Crippen molar-refractivity contribution in [2.75, 3.05) is 19.8 Å². The molecule has 0 aliphatic rings. The minimum absolute atomic E-state index is 0.131. The van der Waals surface area contributed by atoms with Crippen molar-refractivity contribution in [3.8, 4) is 0 Å². The number of aliphatic hydroxyl groups is 1. The topological polar surface area (TPSA) is 169 Å². The maximum absolute atomic E-state index is 12.1. The molecule has 0 heterocycles. The molecule has 0 fully saturated rings. The van der Waals surface area contributed by atoms with Gasteiger partial charge >= 0.3 is 19.8 Å². The smallest absolute Gasteiger partial charge is 0.472 e. The predicted octanol–water partition coefficient (Wildman–Crippen LogP) is 8.88. The molecule has 0 saturated heterocycles. The van der Waals surface area contributed by atoms with Crippen molar-refractivity contribution >= 4 is 25.7 Å². The van der Waals surface area contributed by atoms with E-state index in [2.05, 4.69) is 57.7 Å². The molecule has 290 valence electrons. The molecule has 0 aliphatic heterocycles. The van der Waals surface area contributed by atoms with Gasteiger partial charge in [0.1, 0.15) is 12.7 Å². The summed E-state index contributed by atoms with van der Waals surface area (Å²) < 4.78 is 26.5. The zero-order chi connectivity index (χ0) is 37.1. The van der Waals surface area contributed by atoms with E-state index >= 15 is 0 Å². The molecule has 0 spiro atoms. The Labute approximate surface area is 301 Å². The number of hydrogen-bond donors (Lipinski definition) is 4. The Morgan fingerprint density at radius 3 is 1.66 bits per heavy atom. The van der Waals surface area contributed by atoms with Crippen LogP contribution in [0.4, 0.5) is 0 Å². The van der Waals surface area contributed by atoms with Gasteiger partial charge in [0.25, 0.3) is 0 Å². The van der Waals surface area contributed by atoms with Crippen LogP contribution in [0.2, 0.25) is 0 Å². The lowest BCUT2D eigenvalue weighted by Crippen LogP contribution is -2.43. The number of aliphatic carboxylic acids is 1. The third-order valence-corrected chi connectivity index (χ3v) is 8.88. The van der Waals surface area contributed by atoms with Crippen molar-refractivity contribution in [2.45, 2.75) is 167 Å². The summed E-state index contributed by atoms with van der Waals surface area (Å²) in [6.45, 7) is 2.30. The van der Waals surface area contributed by atoms with Crippen LogP contribution in [-0.4, -0.2) is 64.9 Å². The summed E-state index contributed by atoms with van der Waals surface area (Å²) in [5.41, 5.74) is 0. The van der Waals surface area contributed by atoms with Gasteiger partial charge in [-0.15, -0.1) is 0 Å². The Hall–Kier alpha value is -2.30. The van der Waals surface area contributed by atoms with E-state index < -0.39 is 57.6 Å². The molecule has 0 aromatic heterocycles. The number of aliphatic hydroxyl groups excluding tert-OH is 1. The van der Waals surface area contributed by atoms with Crippen LogP contribution in [0.25, 0.3) is 0 Å². The number of phosphoric acid groups is 1. The lowest BCUT2D eigenvalue weighted by molar-refractivity contribution is -0.147. The zero-order valence-corrected chi connectivity index (χ0v) is 31.8. The van der Waals surface area contributed by atoms with Crippen LogP contribution in [0.3, 0.4) is 0 Å². The Bertz CT molecular complexity index is 1000. The summed E-state index contributed by atoms with van der Waals surface area (Å²) in [6.07, 6.45) is 34.4. The molecule has 3 atom stereocenters. The van der Waals surface area contributed by atoms with Gasteiger partial charge in [-0.3, -0.25) is 18.6 Å². The maximum atomic E-state index is 12.1. The number of allylic oxidation sites excluding steroid dienone is 6. The van der Waals surface area contributed by atoms with Gasteiger partial charge < -0.3 is 25.2 Å². The zero-order valence-electron chi connectivity index (χ0n) is 30.9. The molecule has 12 heteroatoms. The number of rotatable bonds is 35. The third kappa shape index (κ3) is 32.9. The highest BCUT2D eigenvalue weighted by molar-refractivity contribution is 7.47. The summed E-state index contributed by atoms with van der Waals surface area (Å²) in [6, 6.07) is -1.54. The highest BCUT2D eigenvalue weighted by Gasteiger charge is 2.28. The van der Waals surface area contributed by atoms with E-state index in [1.165, 1.54) is 64.2 Å². The number of carbonyl (C=O) groups is 3. The average molecular weight is 730 g/mol. The van der Waals surface area contributed by atoms with Gasteiger partial charge in [0, 0.05) is 12.8 Å². The second-order valence-electron chi connectivity index (χ2n) is 12.8. The highest BCUT2D eigenvalue weighted by Crippen LogP contribution is 2.43. The number of nitrogens with one attached hydrogen (secondary N) is 1. The van der Waals surface area contributed by atoms with Crippen molar-refractivity contribution in [1.29, 1.82) is 0 Å². The van der Waals surface area contributed by atoms with Crippen LogP contribution in [0.15, 0.2) is 36.5 Å². The Balaban J connectivity index is 3.75. The molecule has 3 unspecified atom stereocenters. The summed E-state index contributed by atoms with van der Waals surface area (Å²) in [7, 11) is -4.73.